The van der Waals surface area contributed by atoms with Crippen LogP contribution in [0.1, 0.15) is 38.2 Å². The van der Waals surface area contributed by atoms with E-state index >= 15 is 0 Å². The average molecular weight is 427 g/mol. The summed E-state index contributed by atoms with van der Waals surface area (Å²) in [6.07, 6.45) is 0. The fourth-order valence-corrected chi connectivity index (χ4v) is 3.78. The molecule has 0 amide bonds. The predicted octanol–water partition coefficient (Wildman–Crippen LogP) is 5.57. The molecular weight excluding hydrogens is 400 g/mol. The van der Waals surface area contributed by atoms with Gasteiger partial charge in [-0.25, -0.2) is 9.59 Å². The molecule has 0 fully saturated rings. The van der Waals surface area contributed by atoms with E-state index in [1.807, 2.05) is 69.3 Å². The van der Waals surface area contributed by atoms with Crippen LogP contribution >= 0.6 is 0 Å². The zero-order valence-corrected chi connectivity index (χ0v) is 19.3. The number of methoxy groups -OCH3 is 2. The van der Waals surface area contributed by atoms with Crippen LogP contribution in [0.25, 0.3) is 22.3 Å². The van der Waals surface area contributed by atoms with Crippen molar-refractivity contribution in [2.24, 2.45) is 0 Å². The second-order valence-electron chi connectivity index (χ2n) is 7.64. The smallest absolute Gasteiger partial charge is 0.384 e. The molecule has 0 spiro atoms. The van der Waals surface area contributed by atoms with Crippen molar-refractivity contribution >= 4 is 11.9 Å². The van der Waals surface area contributed by atoms with Crippen LogP contribution in [0.15, 0.2) is 48.5 Å². The highest BCUT2D eigenvalue weighted by atomic mass is 16.5. The second kappa shape index (κ2) is 9.53. The van der Waals surface area contributed by atoms with E-state index in [-0.39, 0.29) is 5.97 Å². The van der Waals surface area contributed by atoms with Gasteiger partial charge in [0.2, 0.25) is 0 Å². The maximum atomic E-state index is 12.6. The highest BCUT2D eigenvalue weighted by molar-refractivity contribution is 6.00. The summed E-state index contributed by atoms with van der Waals surface area (Å²) in [7, 11) is 2.72. The van der Waals surface area contributed by atoms with Gasteiger partial charge in [0.25, 0.3) is 0 Å². The van der Waals surface area contributed by atoms with Crippen LogP contribution in [-0.2, 0) is 14.3 Å². The Bertz CT molecular complexity index is 1240. The minimum absolute atomic E-state index is 0.323. The Morgan fingerprint density at radius 1 is 0.656 bits per heavy atom. The molecule has 0 heterocycles. The Morgan fingerprint density at radius 2 is 1.16 bits per heavy atom. The van der Waals surface area contributed by atoms with E-state index in [0.717, 1.165) is 44.5 Å². The fourth-order valence-electron chi connectivity index (χ4n) is 3.78. The van der Waals surface area contributed by atoms with E-state index in [1.54, 1.807) is 0 Å². The monoisotopic (exact) mass is 426 g/mol. The van der Waals surface area contributed by atoms with Crippen molar-refractivity contribution in [2.45, 2.75) is 27.7 Å². The van der Waals surface area contributed by atoms with Crippen molar-refractivity contribution < 1.29 is 19.1 Å². The molecule has 32 heavy (non-hydrogen) atoms. The summed E-state index contributed by atoms with van der Waals surface area (Å²) in [5.74, 6) is 4.32. The van der Waals surface area contributed by atoms with E-state index in [0.29, 0.717) is 5.56 Å². The van der Waals surface area contributed by atoms with E-state index in [1.165, 1.54) is 19.8 Å². The van der Waals surface area contributed by atoms with Gasteiger partial charge in [-0.1, -0.05) is 42.3 Å². The lowest BCUT2D eigenvalue weighted by molar-refractivity contribution is -0.133. The van der Waals surface area contributed by atoms with E-state index in [9.17, 15) is 9.59 Å². The number of benzene rings is 3. The largest absolute Gasteiger partial charge is 0.465 e. The van der Waals surface area contributed by atoms with Crippen LogP contribution in [0.2, 0.25) is 0 Å². The maximum absolute atomic E-state index is 12.6. The van der Waals surface area contributed by atoms with Crippen molar-refractivity contribution in [1.82, 2.24) is 0 Å². The summed E-state index contributed by atoms with van der Waals surface area (Å²) in [5, 5.41) is 0. The van der Waals surface area contributed by atoms with E-state index < -0.39 is 5.97 Å². The minimum Gasteiger partial charge on any atom is -0.465 e. The third kappa shape index (κ3) is 4.43. The lowest BCUT2D eigenvalue weighted by atomic mass is 9.85. The van der Waals surface area contributed by atoms with Crippen LogP contribution in [-0.4, -0.2) is 26.2 Å². The van der Waals surface area contributed by atoms with Gasteiger partial charge >= 0.3 is 11.9 Å². The van der Waals surface area contributed by atoms with E-state index in [2.05, 4.69) is 23.5 Å². The van der Waals surface area contributed by atoms with Gasteiger partial charge in [-0.3, -0.25) is 0 Å². The van der Waals surface area contributed by atoms with Crippen molar-refractivity contribution in [3.8, 4) is 34.1 Å². The van der Waals surface area contributed by atoms with Crippen LogP contribution in [0.5, 0.6) is 0 Å². The number of rotatable bonds is 3. The maximum Gasteiger partial charge on any atom is 0.384 e. The van der Waals surface area contributed by atoms with Gasteiger partial charge in [0.05, 0.1) is 19.8 Å². The Labute approximate surface area is 189 Å². The molecule has 0 saturated heterocycles. The Balaban J connectivity index is 2.00. The van der Waals surface area contributed by atoms with Crippen molar-refractivity contribution in [3.63, 3.8) is 0 Å². The van der Waals surface area contributed by atoms with Gasteiger partial charge in [-0.15, -0.1) is 0 Å². The molecule has 3 rings (SSSR count). The third-order valence-electron chi connectivity index (χ3n) is 5.96. The number of ether oxygens (including phenoxy) is 2. The van der Waals surface area contributed by atoms with Crippen LogP contribution < -0.4 is 0 Å². The standard InChI is InChI=1S/C28H26O4/c1-17-18(2)20(4)27(28(30)32-6)26(19(17)3)24-14-12-23(13-15-24)22-10-7-21(8-11-22)9-16-25(29)31-5/h7-8,10-15H,1-6H3. The molecule has 0 aliphatic carbocycles. The SMILES string of the molecule is COC(=O)C#Cc1ccc(-c2ccc(-c3c(C)c(C)c(C)c(C)c3C(=O)OC)cc2)cc1. The molecule has 0 atom stereocenters. The van der Waals surface area contributed by atoms with Crippen molar-refractivity contribution in [1.29, 1.82) is 0 Å². The van der Waals surface area contributed by atoms with E-state index in [4.69, 9.17) is 4.74 Å². The summed E-state index contributed by atoms with van der Waals surface area (Å²) < 4.78 is 9.63. The Hall–Kier alpha value is -3.84. The highest BCUT2D eigenvalue weighted by Crippen LogP contribution is 2.36. The molecule has 4 heteroatoms. The molecule has 3 aromatic carbocycles. The quantitative estimate of drug-likeness (QED) is 0.406. The van der Waals surface area contributed by atoms with Crippen LogP contribution in [0.3, 0.4) is 0 Å². The molecule has 0 radical (unpaired) electrons. The summed E-state index contributed by atoms with van der Waals surface area (Å²) in [6, 6.07) is 15.8. The van der Waals surface area contributed by atoms with Crippen LogP contribution in [0, 0.1) is 39.5 Å². The first-order valence-electron chi connectivity index (χ1n) is 10.3. The first kappa shape index (κ1) is 22.8. The summed E-state index contributed by atoms with van der Waals surface area (Å²) in [4.78, 5) is 23.8. The Kier molecular flexibility index (Phi) is 6.80. The molecule has 0 aliphatic heterocycles. The third-order valence-corrected chi connectivity index (χ3v) is 5.96. The van der Waals surface area contributed by atoms with Gasteiger partial charge < -0.3 is 9.47 Å². The molecule has 0 aromatic heterocycles. The van der Waals surface area contributed by atoms with Crippen LogP contribution in [0.4, 0.5) is 0 Å². The first-order chi connectivity index (χ1) is 15.3. The van der Waals surface area contributed by atoms with Crippen molar-refractivity contribution in [3.05, 3.63) is 81.9 Å². The number of hydrogen-bond donors (Lipinski definition) is 0. The zero-order valence-electron chi connectivity index (χ0n) is 19.3. The molecule has 0 bridgehead atoms. The first-order valence-corrected chi connectivity index (χ1v) is 10.3. The predicted molar refractivity (Wildman–Crippen MR) is 126 cm³/mol. The average Bonchev–Trinajstić information content (AvgIpc) is 2.83. The molecule has 0 saturated carbocycles. The zero-order chi connectivity index (χ0) is 23.4. The van der Waals surface area contributed by atoms with Gasteiger partial charge in [0.15, 0.2) is 0 Å². The van der Waals surface area contributed by atoms with Crippen molar-refractivity contribution in [2.75, 3.05) is 14.2 Å². The topological polar surface area (TPSA) is 52.6 Å². The molecule has 0 aliphatic rings. The minimum atomic E-state index is -0.562. The number of esters is 2. The molecule has 0 unspecified atom stereocenters. The molecule has 162 valence electrons. The normalized spacial score (nSPS) is 10.2. The number of carbonyl (C=O) groups is 2. The van der Waals surface area contributed by atoms with Gasteiger partial charge in [-0.05, 0) is 84.3 Å². The number of carbonyl (C=O) groups excluding carboxylic acids is 2. The second-order valence-corrected chi connectivity index (χ2v) is 7.64. The summed E-state index contributed by atoms with van der Waals surface area (Å²) >= 11 is 0. The van der Waals surface area contributed by atoms with Gasteiger partial charge in [0.1, 0.15) is 0 Å². The lowest BCUT2D eigenvalue weighted by Gasteiger charge is -2.20. The molecule has 4 nitrogen and oxygen atoms in total. The fraction of sp³-hybridized carbons (Fsp3) is 0.214. The van der Waals surface area contributed by atoms with Gasteiger partial charge in [0, 0.05) is 11.5 Å². The highest BCUT2D eigenvalue weighted by Gasteiger charge is 2.22. The summed E-state index contributed by atoms with van der Waals surface area (Å²) in [6.45, 7) is 8.14. The molecule has 3 aromatic rings. The molecular formula is C28H26O4. The lowest BCUT2D eigenvalue weighted by Crippen LogP contribution is -2.10. The van der Waals surface area contributed by atoms with Gasteiger partial charge in [-0.2, -0.15) is 0 Å². The summed E-state index contributed by atoms with van der Waals surface area (Å²) in [5.41, 5.74) is 9.62. The number of hydrogen-bond acceptors (Lipinski definition) is 4. The Morgan fingerprint density at radius 3 is 1.69 bits per heavy atom. The molecule has 0 N–H and O–H groups in total.